The molecule has 2 amide bonds. The minimum atomic E-state index is -0.300. The van der Waals surface area contributed by atoms with Crippen LogP contribution in [0.25, 0.3) is 0 Å². The smallest absolute Gasteiger partial charge is 0.245 e. The van der Waals surface area contributed by atoms with Crippen molar-refractivity contribution < 1.29 is 9.59 Å². The number of hydrogen-bond donors (Lipinski definition) is 2. The van der Waals surface area contributed by atoms with E-state index >= 15 is 0 Å². The van der Waals surface area contributed by atoms with Crippen molar-refractivity contribution in [1.29, 1.82) is 0 Å². The molecule has 2 saturated heterocycles. The molecule has 0 bridgehead atoms. The summed E-state index contributed by atoms with van der Waals surface area (Å²) in [5, 5.41) is 6.17. The first-order chi connectivity index (χ1) is 9.08. The molecular formula is C14H25N3O2. The fourth-order valence-corrected chi connectivity index (χ4v) is 2.91. The lowest BCUT2D eigenvalue weighted by atomic mass is 9.98. The Morgan fingerprint density at radius 3 is 2.74 bits per heavy atom. The Morgan fingerprint density at radius 1 is 1.42 bits per heavy atom. The van der Waals surface area contributed by atoms with Gasteiger partial charge in [0.25, 0.3) is 0 Å². The first-order valence-corrected chi connectivity index (χ1v) is 7.38. The summed E-state index contributed by atoms with van der Waals surface area (Å²) in [6, 6.07) is -0.113. The highest BCUT2D eigenvalue weighted by Gasteiger charge is 2.32. The SMILES string of the molecule is CC(C)N(CC1CCCNC1)C(=O)[C@H]1CCC(=O)N1. The largest absolute Gasteiger partial charge is 0.344 e. The summed E-state index contributed by atoms with van der Waals surface area (Å²) in [7, 11) is 0. The van der Waals surface area contributed by atoms with E-state index in [-0.39, 0.29) is 23.9 Å². The minimum absolute atomic E-state index is 0.00129. The zero-order chi connectivity index (χ0) is 13.8. The molecule has 0 aliphatic carbocycles. The molecule has 2 rings (SSSR count). The molecule has 5 nitrogen and oxygen atoms in total. The Kier molecular flexibility index (Phi) is 4.80. The van der Waals surface area contributed by atoms with Gasteiger partial charge >= 0.3 is 0 Å². The van der Waals surface area contributed by atoms with Crippen molar-refractivity contribution in [2.45, 2.75) is 51.6 Å². The van der Waals surface area contributed by atoms with Crippen molar-refractivity contribution in [3.63, 3.8) is 0 Å². The van der Waals surface area contributed by atoms with Gasteiger partial charge in [-0.05, 0) is 52.1 Å². The molecule has 108 valence electrons. The first kappa shape index (κ1) is 14.3. The number of piperidine rings is 1. The molecule has 0 radical (unpaired) electrons. The highest BCUT2D eigenvalue weighted by molar-refractivity contribution is 5.90. The Labute approximate surface area is 115 Å². The fourth-order valence-electron chi connectivity index (χ4n) is 2.91. The molecule has 2 aliphatic heterocycles. The maximum atomic E-state index is 12.5. The molecule has 2 atom stereocenters. The van der Waals surface area contributed by atoms with Crippen molar-refractivity contribution in [1.82, 2.24) is 15.5 Å². The van der Waals surface area contributed by atoms with Gasteiger partial charge in [0.1, 0.15) is 6.04 Å². The Morgan fingerprint density at radius 2 is 2.21 bits per heavy atom. The van der Waals surface area contributed by atoms with E-state index in [1.165, 1.54) is 12.8 Å². The average molecular weight is 267 g/mol. The number of nitrogens with zero attached hydrogens (tertiary/aromatic N) is 1. The third kappa shape index (κ3) is 3.69. The predicted octanol–water partition coefficient (Wildman–Crippen LogP) is 0.502. The Balaban J connectivity index is 1.94. The summed E-state index contributed by atoms with van der Waals surface area (Å²) < 4.78 is 0. The first-order valence-electron chi connectivity index (χ1n) is 7.38. The van der Waals surface area contributed by atoms with Crippen LogP contribution < -0.4 is 10.6 Å². The van der Waals surface area contributed by atoms with Gasteiger partial charge in [-0.2, -0.15) is 0 Å². The zero-order valence-corrected chi connectivity index (χ0v) is 11.9. The quantitative estimate of drug-likeness (QED) is 0.780. The molecular weight excluding hydrogens is 242 g/mol. The highest BCUT2D eigenvalue weighted by Crippen LogP contribution is 2.17. The molecule has 0 spiro atoms. The Bertz CT molecular complexity index is 338. The van der Waals surface area contributed by atoms with Crippen LogP contribution in [0.5, 0.6) is 0 Å². The molecule has 19 heavy (non-hydrogen) atoms. The fraction of sp³-hybridized carbons (Fsp3) is 0.857. The van der Waals surface area contributed by atoms with E-state index in [1.807, 2.05) is 18.7 Å². The van der Waals surface area contributed by atoms with Crippen molar-refractivity contribution >= 4 is 11.8 Å². The third-order valence-corrected chi connectivity index (χ3v) is 4.05. The van der Waals surface area contributed by atoms with Crippen LogP contribution in [-0.2, 0) is 9.59 Å². The number of rotatable bonds is 4. The summed E-state index contributed by atoms with van der Waals surface area (Å²) in [6.07, 6.45) is 3.49. The maximum Gasteiger partial charge on any atom is 0.245 e. The number of carbonyl (C=O) groups is 2. The summed E-state index contributed by atoms with van der Waals surface area (Å²) in [5.74, 6) is 0.630. The van der Waals surface area contributed by atoms with Crippen LogP contribution in [0.15, 0.2) is 0 Å². The second-order valence-electron chi connectivity index (χ2n) is 5.96. The zero-order valence-electron chi connectivity index (χ0n) is 11.9. The molecule has 5 heteroatoms. The lowest BCUT2D eigenvalue weighted by Gasteiger charge is -2.34. The normalized spacial score (nSPS) is 27.4. The van der Waals surface area contributed by atoms with Gasteiger partial charge in [0.05, 0.1) is 0 Å². The molecule has 1 unspecified atom stereocenters. The second-order valence-corrected chi connectivity index (χ2v) is 5.96. The van der Waals surface area contributed by atoms with E-state index in [0.717, 1.165) is 19.6 Å². The van der Waals surface area contributed by atoms with E-state index < -0.39 is 0 Å². The summed E-state index contributed by atoms with van der Waals surface area (Å²) in [4.78, 5) is 25.7. The second kappa shape index (κ2) is 6.37. The molecule has 2 fully saturated rings. The number of carbonyl (C=O) groups excluding carboxylic acids is 2. The average Bonchev–Trinajstić information content (AvgIpc) is 2.83. The van der Waals surface area contributed by atoms with Gasteiger partial charge in [-0.1, -0.05) is 0 Å². The van der Waals surface area contributed by atoms with E-state index in [9.17, 15) is 9.59 Å². The van der Waals surface area contributed by atoms with E-state index in [0.29, 0.717) is 18.8 Å². The Hall–Kier alpha value is -1.10. The summed E-state index contributed by atoms with van der Waals surface area (Å²) in [5.41, 5.74) is 0. The van der Waals surface area contributed by atoms with Gasteiger partial charge in [-0.15, -0.1) is 0 Å². The van der Waals surface area contributed by atoms with Crippen LogP contribution in [-0.4, -0.2) is 48.4 Å². The van der Waals surface area contributed by atoms with Gasteiger partial charge in [0.15, 0.2) is 0 Å². The monoisotopic (exact) mass is 267 g/mol. The number of hydrogen-bond acceptors (Lipinski definition) is 3. The van der Waals surface area contributed by atoms with Crippen LogP contribution in [0.3, 0.4) is 0 Å². The van der Waals surface area contributed by atoms with Crippen LogP contribution >= 0.6 is 0 Å². The minimum Gasteiger partial charge on any atom is -0.344 e. The van der Waals surface area contributed by atoms with E-state index in [2.05, 4.69) is 10.6 Å². The van der Waals surface area contributed by atoms with Crippen LogP contribution in [0.2, 0.25) is 0 Å². The summed E-state index contributed by atoms with van der Waals surface area (Å²) in [6.45, 7) is 6.98. The highest BCUT2D eigenvalue weighted by atomic mass is 16.2. The van der Waals surface area contributed by atoms with Crippen molar-refractivity contribution in [2.75, 3.05) is 19.6 Å². The molecule has 0 aromatic rings. The van der Waals surface area contributed by atoms with E-state index in [4.69, 9.17) is 0 Å². The van der Waals surface area contributed by atoms with Gasteiger partial charge in [-0.3, -0.25) is 9.59 Å². The van der Waals surface area contributed by atoms with Gasteiger partial charge in [0.2, 0.25) is 11.8 Å². The molecule has 0 aromatic carbocycles. The molecule has 2 heterocycles. The van der Waals surface area contributed by atoms with Crippen molar-refractivity contribution in [2.24, 2.45) is 5.92 Å². The number of amides is 2. The topological polar surface area (TPSA) is 61.4 Å². The van der Waals surface area contributed by atoms with Crippen LogP contribution in [0.1, 0.15) is 39.5 Å². The van der Waals surface area contributed by atoms with Crippen LogP contribution in [0, 0.1) is 5.92 Å². The van der Waals surface area contributed by atoms with Gasteiger partial charge in [0, 0.05) is 19.0 Å². The van der Waals surface area contributed by atoms with Crippen molar-refractivity contribution in [3.05, 3.63) is 0 Å². The molecule has 2 N–H and O–H groups in total. The van der Waals surface area contributed by atoms with Gasteiger partial charge < -0.3 is 15.5 Å². The molecule has 0 saturated carbocycles. The standard InChI is InChI=1S/C14H25N3O2/c1-10(2)17(9-11-4-3-7-15-8-11)14(19)12-5-6-13(18)16-12/h10-12,15H,3-9H2,1-2H3,(H,16,18)/t11?,12-/m1/s1. The van der Waals surface area contributed by atoms with Crippen LogP contribution in [0.4, 0.5) is 0 Å². The maximum absolute atomic E-state index is 12.5. The predicted molar refractivity (Wildman–Crippen MR) is 73.6 cm³/mol. The summed E-state index contributed by atoms with van der Waals surface area (Å²) >= 11 is 0. The number of nitrogens with one attached hydrogen (secondary N) is 2. The van der Waals surface area contributed by atoms with Gasteiger partial charge in [-0.25, -0.2) is 0 Å². The van der Waals surface area contributed by atoms with Crippen molar-refractivity contribution in [3.8, 4) is 0 Å². The lowest BCUT2D eigenvalue weighted by Crippen LogP contribution is -2.50. The third-order valence-electron chi connectivity index (χ3n) is 4.05. The lowest BCUT2D eigenvalue weighted by molar-refractivity contribution is -0.136. The molecule has 0 aromatic heterocycles. The van der Waals surface area contributed by atoms with E-state index in [1.54, 1.807) is 0 Å². The molecule has 2 aliphatic rings.